The third-order valence-electron chi connectivity index (χ3n) is 2.72. The fraction of sp³-hybridized carbons (Fsp3) is 0.267. The molecule has 0 bridgehead atoms. The zero-order chi connectivity index (χ0) is 14.4. The van der Waals surface area contributed by atoms with E-state index in [-0.39, 0.29) is 6.10 Å². The average Bonchev–Trinajstić information content (AvgIpc) is 2.42. The van der Waals surface area contributed by atoms with Gasteiger partial charge in [-0.1, -0.05) is 35.3 Å². The van der Waals surface area contributed by atoms with E-state index in [1.165, 1.54) is 0 Å². The molecule has 0 amide bonds. The Balaban J connectivity index is 1.78. The Hall–Kier alpha value is -1.29. The van der Waals surface area contributed by atoms with Crippen molar-refractivity contribution in [1.82, 2.24) is 10.3 Å². The van der Waals surface area contributed by atoms with Crippen LogP contribution in [0.4, 0.5) is 0 Å². The molecule has 3 nitrogen and oxygen atoms in total. The van der Waals surface area contributed by atoms with Crippen LogP contribution in [0, 0.1) is 0 Å². The minimum absolute atomic E-state index is 0.0241. The molecule has 0 fully saturated rings. The first-order valence-electron chi connectivity index (χ1n) is 6.37. The zero-order valence-corrected chi connectivity index (χ0v) is 12.7. The summed E-state index contributed by atoms with van der Waals surface area (Å²) in [5, 5.41) is 4.62. The Bertz CT molecular complexity index is 549. The van der Waals surface area contributed by atoms with Crippen molar-refractivity contribution in [3.63, 3.8) is 0 Å². The summed E-state index contributed by atoms with van der Waals surface area (Å²) >= 11 is 12.0. The number of ether oxygens (including phenoxy) is 1. The third-order valence-corrected chi connectivity index (χ3v) is 3.31. The van der Waals surface area contributed by atoms with Crippen LogP contribution in [0.2, 0.25) is 10.0 Å². The highest BCUT2D eigenvalue weighted by Crippen LogP contribution is 2.20. The molecule has 0 aliphatic carbocycles. The first kappa shape index (κ1) is 15.1. The van der Waals surface area contributed by atoms with Gasteiger partial charge in [0.05, 0.1) is 0 Å². The zero-order valence-electron chi connectivity index (χ0n) is 11.1. The second-order valence-electron chi connectivity index (χ2n) is 4.46. The lowest BCUT2D eigenvalue weighted by atomic mass is 10.2. The lowest BCUT2D eigenvalue weighted by Gasteiger charge is -2.15. The van der Waals surface area contributed by atoms with Crippen LogP contribution in [0.1, 0.15) is 12.5 Å². The molecular formula is C15H16Cl2N2O. The van der Waals surface area contributed by atoms with Gasteiger partial charge in [0.2, 0.25) is 5.88 Å². The maximum atomic E-state index is 6.11. The molecule has 5 heteroatoms. The lowest BCUT2D eigenvalue weighted by Crippen LogP contribution is -2.28. The van der Waals surface area contributed by atoms with Gasteiger partial charge in [0.25, 0.3) is 0 Å². The highest BCUT2D eigenvalue weighted by Gasteiger charge is 2.05. The molecule has 0 saturated heterocycles. The van der Waals surface area contributed by atoms with Crippen LogP contribution in [0.3, 0.4) is 0 Å². The van der Waals surface area contributed by atoms with E-state index in [1.54, 1.807) is 12.3 Å². The van der Waals surface area contributed by atoms with Crippen molar-refractivity contribution >= 4 is 23.2 Å². The summed E-state index contributed by atoms with van der Waals surface area (Å²) < 4.78 is 5.67. The first-order chi connectivity index (χ1) is 9.65. The van der Waals surface area contributed by atoms with Gasteiger partial charge in [0, 0.05) is 35.4 Å². The molecule has 1 atom stereocenters. The van der Waals surface area contributed by atoms with E-state index < -0.39 is 0 Å². The molecule has 0 aliphatic heterocycles. The van der Waals surface area contributed by atoms with Gasteiger partial charge < -0.3 is 10.1 Å². The van der Waals surface area contributed by atoms with Gasteiger partial charge in [-0.05, 0) is 30.7 Å². The number of nitrogens with one attached hydrogen (secondary N) is 1. The maximum absolute atomic E-state index is 6.11. The summed E-state index contributed by atoms with van der Waals surface area (Å²) in [6.45, 7) is 3.37. The largest absolute Gasteiger partial charge is 0.473 e. The predicted octanol–water partition coefficient (Wildman–Crippen LogP) is 3.95. The summed E-state index contributed by atoms with van der Waals surface area (Å²) in [6.07, 6.45) is 1.74. The van der Waals surface area contributed by atoms with E-state index in [1.807, 2.05) is 37.3 Å². The standard InChI is InChI=1S/C15H16Cl2N2O/c1-11(20-15-4-2-3-7-19-15)9-18-10-12-5-6-13(16)8-14(12)17/h2-8,11,18H,9-10H2,1H3/t11-/m1/s1. The van der Waals surface area contributed by atoms with Gasteiger partial charge >= 0.3 is 0 Å². The fourth-order valence-corrected chi connectivity index (χ4v) is 2.22. The Labute approximate surface area is 128 Å². The predicted molar refractivity (Wildman–Crippen MR) is 82.5 cm³/mol. The molecule has 1 aromatic carbocycles. The van der Waals surface area contributed by atoms with Crippen LogP contribution in [0.15, 0.2) is 42.6 Å². The Morgan fingerprint density at radius 3 is 2.80 bits per heavy atom. The Morgan fingerprint density at radius 2 is 2.10 bits per heavy atom. The normalized spacial score (nSPS) is 12.2. The molecule has 2 aromatic rings. The van der Waals surface area contributed by atoms with E-state index in [4.69, 9.17) is 27.9 Å². The summed E-state index contributed by atoms with van der Waals surface area (Å²) in [6, 6.07) is 11.1. The van der Waals surface area contributed by atoms with Gasteiger partial charge in [-0.2, -0.15) is 0 Å². The SMILES string of the molecule is C[C@H](CNCc1ccc(Cl)cc1Cl)Oc1ccccn1. The van der Waals surface area contributed by atoms with E-state index in [0.29, 0.717) is 29.0 Å². The van der Waals surface area contributed by atoms with Crippen molar-refractivity contribution in [2.45, 2.75) is 19.6 Å². The van der Waals surface area contributed by atoms with Gasteiger partial charge in [-0.25, -0.2) is 4.98 Å². The Kier molecular flexibility index (Phi) is 5.65. The van der Waals surface area contributed by atoms with Crippen LogP contribution in [0.25, 0.3) is 0 Å². The minimum Gasteiger partial charge on any atom is -0.473 e. The number of rotatable bonds is 6. The smallest absolute Gasteiger partial charge is 0.213 e. The van der Waals surface area contributed by atoms with Gasteiger partial charge in [0.1, 0.15) is 6.10 Å². The highest BCUT2D eigenvalue weighted by atomic mass is 35.5. The van der Waals surface area contributed by atoms with Gasteiger partial charge in [-0.3, -0.25) is 0 Å². The van der Waals surface area contributed by atoms with Crippen molar-refractivity contribution in [3.8, 4) is 5.88 Å². The minimum atomic E-state index is 0.0241. The summed E-state index contributed by atoms with van der Waals surface area (Å²) in [5.41, 5.74) is 1.01. The fourth-order valence-electron chi connectivity index (χ4n) is 1.74. The quantitative estimate of drug-likeness (QED) is 0.877. The lowest BCUT2D eigenvalue weighted by molar-refractivity contribution is 0.208. The van der Waals surface area contributed by atoms with E-state index in [9.17, 15) is 0 Å². The van der Waals surface area contributed by atoms with Crippen molar-refractivity contribution in [3.05, 3.63) is 58.2 Å². The van der Waals surface area contributed by atoms with Crippen LogP contribution < -0.4 is 10.1 Å². The molecule has 20 heavy (non-hydrogen) atoms. The third kappa shape index (κ3) is 4.67. The van der Waals surface area contributed by atoms with Crippen molar-refractivity contribution in [2.24, 2.45) is 0 Å². The van der Waals surface area contributed by atoms with Crippen molar-refractivity contribution < 1.29 is 4.74 Å². The maximum Gasteiger partial charge on any atom is 0.213 e. The first-order valence-corrected chi connectivity index (χ1v) is 7.13. The van der Waals surface area contributed by atoms with Crippen LogP contribution >= 0.6 is 23.2 Å². The van der Waals surface area contributed by atoms with Crippen LogP contribution in [0.5, 0.6) is 5.88 Å². The molecule has 1 heterocycles. The number of pyridine rings is 1. The van der Waals surface area contributed by atoms with E-state index in [2.05, 4.69) is 10.3 Å². The molecule has 106 valence electrons. The molecule has 2 rings (SSSR count). The van der Waals surface area contributed by atoms with Gasteiger partial charge in [-0.15, -0.1) is 0 Å². The average molecular weight is 311 g/mol. The molecule has 1 aromatic heterocycles. The molecule has 0 spiro atoms. The number of nitrogens with zero attached hydrogens (tertiary/aromatic N) is 1. The number of hydrogen-bond acceptors (Lipinski definition) is 3. The molecule has 0 unspecified atom stereocenters. The van der Waals surface area contributed by atoms with Crippen molar-refractivity contribution in [1.29, 1.82) is 0 Å². The topological polar surface area (TPSA) is 34.1 Å². The molecular weight excluding hydrogens is 295 g/mol. The Morgan fingerprint density at radius 1 is 1.25 bits per heavy atom. The van der Waals surface area contributed by atoms with Crippen LogP contribution in [-0.4, -0.2) is 17.6 Å². The molecule has 0 saturated carbocycles. The number of aromatic nitrogens is 1. The molecule has 1 N–H and O–H groups in total. The molecule has 0 aliphatic rings. The van der Waals surface area contributed by atoms with E-state index >= 15 is 0 Å². The molecule has 0 radical (unpaired) electrons. The summed E-state index contributed by atoms with van der Waals surface area (Å²) in [4.78, 5) is 4.12. The van der Waals surface area contributed by atoms with E-state index in [0.717, 1.165) is 5.56 Å². The highest BCUT2D eigenvalue weighted by molar-refractivity contribution is 6.35. The number of benzene rings is 1. The second-order valence-corrected chi connectivity index (χ2v) is 5.31. The monoisotopic (exact) mass is 310 g/mol. The second kappa shape index (κ2) is 7.48. The van der Waals surface area contributed by atoms with Gasteiger partial charge in [0.15, 0.2) is 0 Å². The van der Waals surface area contributed by atoms with Crippen molar-refractivity contribution in [2.75, 3.05) is 6.54 Å². The number of hydrogen-bond donors (Lipinski definition) is 1. The summed E-state index contributed by atoms with van der Waals surface area (Å²) in [5.74, 6) is 0.631. The summed E-state index contributed by atoms with van der Waals surface area (Å²) in [7, 11) is 0. The van der Waals surface area contributed by atoms with Crippen LogP contribution in [-0.2, 0) is 6.54 Å². The number of halogens is 2.